The summed E-state index contributed by atoms with van der Waals surface area (Å²) in [6.45, 7) is 4.56. The van der Waals surface area contributed by atoms with Gasteiger partial charge in [-0.25, -0.2) is 0 Å². The Morgan fingerprint density at radius 1 is 1.89 bits per heavy atom. The molecule has 0 bridgehead atoms. The van der Waals surface area contributed by atoms with E-state index in [0.717, 1.165) is 0 Å². The van der Waals surface area contributed by atoms with Gasteiger partial charge in [-0.15, -0.1) is 6.58 Å². The molecule has 0 aliphatic carbocycles. The normalized spacial score (nSPS) is 32.1. The fourth-order valence-electron chi connectivity index (χ4n) is 0.468. The third-order valence-corrected chi connectivity index (χ3v) is 1.04. The largest absolute Gasteiger partial charge is 0.372 e. The van der Waals surface area contributed by atoms with Gasteiger partial charge in [-0.2, -0.15) is 0 Å². The molecule has 52 valence electrons. The molecule has 3 heteroatoms. The summed E-state index contributed by atoms with van der Waals surface area (Å²) in [7, 11) is 0. The van der Waals surface area contributed by atoms with E-state index in [-0.39, 0.29) is 6.61 Å². The van der Waals surface area contributed by atoms with E-state index in [4.69, 9.17) is 9.84 Å². The minimum absolute atomic E-state index is 0.249. The standard InChI is InChI=1S/C6H10O3/c1-2-3-8-4-6(7)5-9-6/h2,7H,1,3-5H2. The number of epoxide rings is 1. The molecule has 1 unspecified atom stereocenters. The first-order chi connectivity index (χ1) is 4.27. The first-order valence-electron chi connectivity index (χ1n) is 2.82. The van der Waals surface area contributed by atoms with Crippen LogP contribution in [-0.2, 0) is 9.47 Å². The third-order valence-electron chi connectivity index (χ3n) is 1.04. The van der Waals surface area contributed by atoms with Gasteiger partial charge in [-0.1, -0.05) is 6.08 Å². The highest BCUT2D eigenvalue weighted by Crippen LogP contribution is 2.22. The molecule has 0 aromatic rings. The topological polar surface area (TPSA) is 42.0 Å². The van der Waals surface area contributed by atoms with Crippen LogP contribution in [-0.4, -0.2) is 30.7 Å². The minimum atomic E-state index is -0.969. The van der Waals surface area contributed by atoms with Crippen LogP contribution in [0.3, 0.4) is 0 Å². The zero-order valence-corrected chi connectivity index (χ0v) is 5.17. The van der Waals surface area contributed by atoms with E-state index >= 15 is 0 Å². The van der Waals surface area contributed by atoms with E-state index in [1.165, 1.54) is 0 Å². The van der Waals surface area contributed by atoms with Crippen molar-refractivity contribution in [1.82, 2.24) is 0 Å². The second-order valence-corrected chi connectivity index (χ2v) is 2.04. The predicted molar refractivity (Wildman–Crippen MR) is 31.9 cm³/mol. The molecule has 1 aliphatic heterocycles. The Morgan fingerprint density at radius 3 is 3.00 bits per heavy atom. The van der Waals surface area contributed by atoms with Crippen molar-refractivity contribution in [2.75, 3.05) is 19.8 Å². The van der Waals surface area contributed by atoms with Gasteiger partial charge in [0, 0.05) is 0 Å². The molecule has 1 aliphatic rings. The van der Waals surface area contributed by atoms with Crippen LogP contribution in [0.5, 0.6) is 0 Å². The van der Waals surface area contributed by atoms with Crippen molar-refractivity contribution in [2.45, 2.75) is 5.79 Å². The summed E-state index contributed by atoms with van der Waals surface area (Å²) in [6, 6.07) is 0. The first kappa shape index (κ1) is 6.74. The summed E-state index contributed by atoms with van der Waals surface area (Å²) in [5.41, 5.74) is 0. The van der Waals surface area contributed by atoms with Gasteiger partial charge in [0.2, 0.25) is 5.79 Å². The average molecular weight is 130 g/mol. The highest BCUT2D eigenvalue weighted by atomic mass is 16.7. The molecular formula is C6H10O3. The lowest BCUT2D eigenvalue weighted by Crippen LogP contribution is -2.17. The second kappa shape index (κ2) is 2.47. The Kier molecular flexibility index (Phi) is 1.85. The van der Waals surface area contributed by atoms with Crippen molar-refractivity contribution in [3.8, 4) is 0 Å². The molecule has 9 heavy (non-hydrogen) atoms. The summed E-state index contributed by atoms with van der Waals surface area (Å²) in [6.07, 6.45) is 1.63. The van der Waals surface area contributed by atoms with Crippen LogP contribution in [0, 0.1) is 0 Å². The number of aliphatic hydroxyl groups is 1. The van der Waals surface area contributed by atoms with Crippen LogP contribution in [0.4, 0.5) is 0 Å². The number of rotatable bonds is 4. The fourth-order valence-corrected chi connectivity index (χ4v) is 0.468. The lowest BCUT2D eigenvalue weighted by atomic mass is 10.4. The summed E-state index contributed by atoms with van der Waals surface area (Å²) in [5.74, 6) is -0.969. The summed E-state index contributed by atoms with van der Waals surface area (Å²) >= 11 is 0. The smallest absolute Gasteiger partial charge is 0.213 e. The number of hydrogen-bond donors (Lipinski definition) is 1. The van der Waals surface area contributed by atoms with Crippen molar-refractivity contribution in [3.05, 3.63) is 12.7 Å². The van der Waals surface area contributed by atoms with Crippen LogP contribution in [0.2, 0.25) is 0 Å². The molecule has 0 aromatic carbocycles. The Balaban J connectivity index is 1.98. The second-order valence-electron chi connectivity index (χ2n) is 2.04. The van der Waals surface area contributed by atoms with Gasteiger partial charge in [0.05, 0.1) is 6.61 Å². The monoisotopic (exact) mass is 130 g/mol. The number of hydrogen-bond acceptors (Lipinski definition) is 3. The van der Waals surface area contributed by atoms with Crippen LogP contribution in [0.25, 0.3) is 0 Å². The summed E-state index contributed by atoms with van der Waals surface area (Å²) in [5, 5.41) is 8.97. The first-order valence-corrected chi connectivity index (χ1v) is 2.82. The fraction of sp³-hybridized carbons (Fsp3) is 0.667. The molecule has 0 radical (unpaired) electrons. The van der Waals surface area contributed by atoms with Gasteiger partial charge in [0.15, 0.2) is 0 Å². The minimum Gasteiger partial charge on any atom is -0.372 e. The van der Waals surface area contributed by atoms with Crippen molar-refractivity contribution in [1.29, 1.82) is 0 Å². The molecule has 1 fully saturated rings. The Labute approximate surface area is 53.9 Å². The molecule has 0 aromatic heterocycles. The van der Waals surface area contributed by atoms with E-state index in [2.05, 4.69) is 11.3 Å². The predicted octanol–water partition coefficient (Wildman–Crippen LogP) is -0.0922. The highest BCUT2D eigenvalue weighted by molar-refractivity contribution is 4.79. The van der Waals surface area contributed by atoms with Crippen molar-refractivity contribution >= 4 is 0 Å². The van der Waals surface area contributed by atoms with Crippen molar-refractivity contribution < 1.29 is 14.6 Å². The lowest BCUT2D eigenvalue weighted by molar-refractivity contribution is -0.0368. The maximum atomic E-state index is 8.97. The molecule has 1 atom stereocenters. The zero-order valence-electron chi connectivity index (χ0n) is 5.17. The Hall–Kier alpha value is -0.380. The Morgan fingerprint density at radius 2 is 2.56 bits per heavy atom. The summed E-state index contributed by atoms with van der Waals surface area (Å²) in [4.78, 5) is 0. The van der Waals surface area contributed by atoms with E-state index < -0.39 is 5.79 Å². The van der Waals surface area contributed by atoms with E-state index in [9.17, 15) is 0 Å². The lowest BCUT2D eigenvalue weighted by Gasteiger charge is -2.01. The maximum Gasteiger partial charge on any atom is 0.213 e. The van der Waals surface area contributed by atoms with E-state index in [0.29, 0.717) is 13.2 Å². The molecule has 3 nitrogen and oxygen atoms in total. The molecule has 1 heterocycles. The van der Waals surface area contributed by atoms with Crippen LogP contribution in [0.15, 0.2) is 12.7 Å². The molecule has 1 N–H and O–H groups in total. The van der Waals surface area contributed by atoms with Gasteiger partial charge in [0.25, 0.3) is 0 Å². The van der Waals surface area contributed by atoms with Crippen molar-refractivity contribution in [2.24, 2.45) is 0 Å². The zero-order chi connectivity index (χ0) is 6.74. The van der Waals surface area contributed by atoms with Gasteiger partial charge in [-0.3, -0.25) is 0 Å². The van der Waals surface area contributed by atoms with Gasteiger partial charge < -0.3 is 14.6 Å². The quantitative estimate of drug-likeness (QED) is 0.328. The molecule has 0 amide bonds. The maximum absolute atomic E-state index is 8.97. The molecule has 0 spiro atoms. The average Bonchev–Trinajstić information content (AvgIpc) is 2.50. The molecular weight excluding hydrogens is 120 g/mol. The van der Waals surface area contributed by atoms with Crippen molar-refractivity contribution in [3.63, 3.8) is 0 Å². The summed E-state index contributed by atoms with van der Waals surface area (Å²) < 4.78 is 9.56. The van der Waals surface area contributed by atoms with Gasteiger partial charge in [-0.05, 0) is 0 Å². The SMILES string of the molecule is C=CCOCC1(O)CO1. The Bertz CT molecular complexity index is 107. The van der Waals surface area contributed by atoms with Crippen LogP contribution < -0.4 is 0 Å². The highest BCUT2D eigenvalue weighted by Gasteiger charge is 2.42. The van der Waals surface area contributed by atoms with Gasteiger partial charge in [0.1, 0.15) is 13.2 Å². The molecule has 1 saturated heterocycles. The van der Waals surface area contributed by atoms with Gasteiger partial charge >= 0.3 is 0 Å². The van der Waals surface area contributed by atoms with E-state index in [1.807, 2.05) is 0 Å². The van der Waals surface area contributed by atoms with E-state index in [1.54, 1.807) is 6.08 Å². The molecule has 0 saturated carbocycles. The third kappa shape index (κ3) is 2.13. The number of ether oxygens (including phenoxy) is 2. The molecule has 1 rings (SSSR count). The van der Waals surface area contributed by atoms with Crippen LogP contribution >= 0.6 is 0 Å². The van der Waals surface area contributed by atoms with Crippen LogP contribution in [0.1, 0.15) is 0 Å².